The molecule has 1 unspecified atom stereocenters. The molecule has 0 spiro atoms. The van der Waals surface area contributed by atoms with Gasteiger partial charge in [-0.2, -0.15) is 8.46 Å². The normalized spacial score (nSPS) is 8.03. The van der Waals surface area contributed by atoms with Gasteiger partial charge in [-0.3, -0.25) is 9.59 Å². The number of nitrogens with two attached hydrogens (primary N) is 1. The van der Waals surface area contributed by atoms with Crippen molar-refractivity contribution in [3.8, 4) is 0 Å². The fraction of sp³-hybridized carbons (Fsp3) is 0.571. The van der Waals surface area contributed by atoms with Gasteiger partial charge in [0.2, 0.25) is 0 Å². The Kier molecular flexibility index (Phi) is 108. The number of hydrogen-bond acceptors (Lipinski definition) is 12. The standard InChI is InChI=1S/C4H9NO3.C4H6O4.C3H4O3.C2H6BP.CH2O.HI.3Na.V/c5-3(1-2-6)4(7)8;5-2-1-3(6)4(7)8;1-2(4)3(5)6;1-2-4-3;1-2;;;;;/h3,6H,1-2,5H2,(H,7,8);5H,1-2H2,(H,7,8);1H3,(H,5,6);4H,2H2,1H3;1H2;1H;;;;/q;;;;;;3*+1;/p-4/t3-;;;;;;;;;/m0........./s1. The van der Waals surface area contributed by atoms with Crippen LogP contribution in [0.25, 0.3) is 0 Å². The molecule has 19 heteroatoms. The van der Waals surface area contributed by atoms with Crippen molar-refractivity contribution >= 4 is 52.3 Å². The molecule has 0 saturated carbocycles. The number of hydrogen-bond donors (Lipinski definition) is 3. The first-order valence-corrected chi connectivity index (χ1v) is 8.57. The molecule has 2 atom stereocenters. The van der Waals surface area contributed by atoms with Crippen LogP contribution in [-0.4, -0.2) is 79.5 Å². The van der Waals surface area contributed by atoms with E-state index in [2.05, 4.69) is 6.92 Å². The molecule has 3 radical (unpaired) electrons. The van der Waals surface area contributed by atoms with E-state index in [1.165, 1.54) is 0 Å². The van der Waals surface area contributed by atoms with Crippen molar-refractivity contribution in [3.63, 3.8) is 0 Å². The van der Waals surface area contributed by atoms with Gasteiger partial charge in [0.25, 0.3) is 0 Å². The Labute approximate surface area is 291 Å². The molecule has 0 aromatic rings. The molecule has 0 fully saturated rings. The van der Waals surface area contributed by atoms with Crippen LogP contribution < -0.4 is 134 Å². The molecule has 0 heterocycles. The molecule has 33 heavy (non-hydrogen) atoms. The number of halogens is 1. The van der Waals surface area contributed by atoms with E-state index >= 15 is 0 Å². The van der Waals surface area contributed by atoms with Gasteiger partial charge in [0, 0.05) is 44.5 Å². The van der Waals surface area contributed by atoms with Crippen LogP contribution in [0.3, 0.4) is 0 Å². The van der Waals surface area contributed by atoms with E-state index in [-0.39, 0.29) is 151 Å². The molecule has 0 aliphatic heterocycles. The Morgan fingerprint density at radius 2 is 1.27 bits per heavy atom. The van der Waals surface area contributed by atoms with Crippen molar-refractivity contribution in [2.45, 2.75) is 32.7 Å². The Balaban J connectivity index is -0.0000000253. The van der Waals surface area contributed by atoms with Gasteiger partial charge in [0.1, 0.15) is 26.3 Å². The molecule has 175 valence electrons. The van der Waals surface area contributed by atoms with Gasteiger partial charge in [0.05, 0.1) is 12.6 Å². The van der Waals surface area contributed by atoms with Crippen LogP contribution in [-0.2, 0) is 47.3 Å². The smallest absolute Gasteiger partial charge is 1.00 e. The number of Topliss-reactive ketones (excluding diaryl/α,β-unsaturated/α-hetero) is 2. The first kappa shape index (κ1) is 64.8. The van der Waals surface area contributed by atoms with E-state index in [9.17, 15) is 39.3 Å². The minimum atomic E-state index is -1.74. The number of carboxylic acid groups (broad SMARTS) is 3. The quantitative estimate of drug-likeness (QED) is 0.0945. The molecule has 0 rings (SSSR count). The van der Waals surface area contributed by atoms with Crippen LogP contribution in [0.2, 0.25) is 0 Å². The van der Waals surface area contributed by atoms with Gasteiger partial charge in [-0.05, 0) is 12.6 Å². The maximum Gasteiger partial charge on any atom is 1.00 e. The summed E-state index contributed by atoms with van der Waals surface area (Å²) in [5.41, 5.74) is 4.90. The van der Waals surface area contributed by atoms with Crippen LogP contribution >= 0.6 is 8.46 Å². The van der Waals surface area contributed by atoms with Crippen molar-refractivity contribution in [2.75, 3.05) is 19.4 Å². The summed E-state index contributed by atoms with van der Waals surface area (Å²) in [6, 6.07) is -1.03. The van der Waals surface area contributed by atoms with Crippen LogP contribution in [0.5, 0.6) is 0 Å². The Morgan fingerprint density at radius 3 is 1.33 bits per heavy atom. The van der Waals surface area contributed by atoms with Gasteiger partial charge in [-0.25, -0.2) is 0 Å². The molecular formula is C14H24BINNa3O11PV-. The predicted octanol–water partition coefficient (Wildman–Crippen LogP) is -17.9. The molecule has 12 nitrogen and oxygen atoms in total. The third kappa shape index (κ3) is 78.9. The first-order chi connectivity index (χ1) is 12.9. The Morgan fingerprint density at radius 1 is 0.970 bits per heavy atom. The average Bonchev–Trinajstić information content (AvgIpc) is 2.64. The summed E-state index contributed by atoms with van der Waals surface area (Å²) < 4.78 is 0. The molecule has 0 bridgehead atoms. The molecule has 0 aromatic carbocycles. The van der Waals surface area contributed by atoms with Gasteiger partial charge in [0.15, 0.2) is 11.6 Å². The summed E-state index contributed by atoms with van der Waals surface area (Å²) >= 11 is 0. The number of aliphatic carboxylic acids is 3. The predicted molar refractivity (Wildman–Crippen MR) is 93.8 cm³/mol. The number of rotatable bonds is 8. The number of aliphatic hydroxyl groups is 2. The monoisotopic (exact) mass is 671 g/mol. The summed E-state index contributed by atoms with van der Waals surface area (Å²) in [4.78, 5) is 55.9. The van der Waals surface area contributed by atoms with E-state index in [0.717, 1.165) is 13.1 Å². The second-order valence-corrected chi connectivity index (χ2v) is 5.14. The first-order valence-electron chi connectivity index (χ1n) is 7.29. The van der Waals surface area contributed by atoms with Crippen molar-refractivity contribution in [3.05, 3.63) is 0 Å². The largest absolute Gasteiger partial charge is 1.00 e. The van der Waals surface area contributed by atoms with Crippen LogP contribution in [0.1, 0.15) is 26.7 Å². The summed E-state index contributed by atoms with van der Waals surface area (Å²) in [6.07, 6.45) is 0.824. The van der Waals surface area contributed by atoms with Gasteiger partial charge < -0.3 is 74.4 Å². The topological polar surface area (TPSA) is 238 Å². The molecule has 0 saturated heterocycles. The van der Waals surface area contributed by atoms with E-state index in [4.69, 9.17) is 28.3 Å². The van der Waals surface area contributed by atoms with Gasteiger partial charge in [-0.1, -0.05) is 6.92 Å². The maximum absolute atomic E-state index is 9.92. The molecular weight excluding hydrogens is 647 g/mol. The van der Waals surface area contributed by atoms with E-state index in [1.807, 2.05) is 6.79 Å². The summed E-state index contributed by atoms with van der Waals surface area (Å²) in [6.45, 7) is 4.36. The Bertz CT molecular complexity index is 462. The van der Waals surface area contributed by atoms with Crippen LogP contribution in [0, 0.1) is 0 Å². The number of carbonyl (C=O) groups is 6. The number of aliphatic hydroxyl groups excluding tert-OH is 2. The van der Waals surface area contributed by atoms with Crippen molar-refractivity contribution in [2.24, 2.45) is 5.73 Å². The molecule has 4 N–H and O–H groups in total. The molecule has 0 aliphatic carbocycles. The third-order valence-electron chi connectivity index (χ3n) is 1.80. The number of carboxylic acids is 3. The molecule has 0 aromatic heterocycles. The van der Waals surface area contributed by atoms with Gasteiger partial charge >= 0.3 is 88.7 Å². The third-order valence-corrected chi connectivity index (χ3v) is 2.21. The second-order valence-electron chi connectivity index (χ2n) is 4.02. The summed E-state index contributed by atoms with van der Waals surface area (Å²) in [7, 11) is 5.70. The van der Waals surface area contributed by atoms with Gasteiger partial charge in [-0.15, -0.1) is 0 Å². The minimum Gasteiger partial charge on any atom is -1.00 e. The van der Waals surface area contributed by atoms with Crippen molar-refractivity contribution in [1.82, 2.24) is 0 Å². The summed E-state index contributed by atoms with van der Waals surface area (Å²) in [5.74, 6) is -6.68. The zero-order valence-corrected chi connectivity index (χ0v) is 29.9. The Hall–Kier alpha value is 2.11. The zero-order valence-electron chi connectivity index (χ0n) is 19.4. The molecule has 0 aliphatic rings. The minimum absolute atomic E-state index is 0. The molecule has 0 amide bonds. The van der Waals surface area contributed by atoms with Crippen LogP contribution in [0.4, 0.5) is 0 Å². The maximum atomic E-state index is 9.92. The number of ketones is 2. The van der Waals surface area contributed by atoms with Crippen molar-refractivity contribution < 1.29 is 186 Å². The zero-order chi connectivity index (χ0) is 23.7. The van der Waals surface area contributed by atoms with E-state index in [0.29, 0.717) is 8.46 Å². The van der Waals surface area contributed by atoms with Crippen molar-refractivity contribution in [1.29, 1.82) is 0 Å². The second kappa shape index (κ2) is 54.9. The SMILES string of the molecule is C=O.CC(=O)C(=O)[O-].N[C@@H](CCO)C(=O)[O-].O=C([O-])C(=O)CCO.[B]PCC.[I-].[Na+].[Na+].[Na+].[V]. The van der Waals surface area contributed by atoms with E-state index in [1.54, 1.807) is 0 Å². The average molecular weight is 671 g/mol. The number of carbonyl (C=O) groups excluding carboxylic acids is 6. The fourth-order valence-corrected chi connectivity index (χ4v) is 0.461. The fourth-order valence-electron chi connectivity index (χ4n) is 0.461. The van der Waals surface area contributed by atoms with E-state index < -0.39 is 42.1 Å². The summed E-state index contributed by atoms with van der Waals surface area (Å²) in [5, 5.41) is 44.6. The van der Waals surface area contributed by atoms with Crippen LogP contribution in [0.15, 0.2) is 0 Å².